The SMILES string of the molecule is CC1CN(CCC(=O)[C@@H]2[C@H]3CC[C@H](C3)C2(C)C)CC(C)O1. The van der Waals surface area contributed by atoms with Crippen molar-refractivity contribution >= 4 is 5.78 Å². The predicted molar refractivity (Wildman–Crippen MR) is 84.2 cm³/mol. The zero-order valence-electron chi connectivity index (χ0n) is 14.1. The molecule has 0 aromatic carbocycles. The molecule has 1 aliphatic heterocycles. The number of fused-ring (bicyclic) bond motifs is 2. The lowest BCUT2D eigenvalue weighted by Crippen LogP contribution is -2.46. The molecular weight excluding hydrogens is 262 g/mol. The smallest absolute Gasteiger partial charge is 0.138 e. The molecule has 2 bridgehead atoms. The monoisotopic (exact) mass is 293 g/mol. The van der Waals surface area contributed by atoms with Crippen molar-refractivity contribution in [2.75, 3.05) is 19.6 Å². The molecule has 21 heavy (non-hydrogen) atoms. The minimum Gasteiger partial charge on any atom is -0.373 e. The second-order valence-electron chi connectivity index (χ2n) is 8.30. The van der Waals surface area contributed by atoms with Gasteiger partial charge in [0, 0.05) is 32.0 Å². The Morgan fingerprint density at radius 2 is 1.86 bits per heavy atom. The van der Waals surface area contributed by atoms with E-state index in [0.717, 1.165) is 32.0 Å². The van der Waals surface area contributed by atoms with Crippen LogP contribution in [0.4, 0.5) is 0 Å². The van der Waals surface area contributed by atoms with Gasteiger partial charge in [0.15, 0.2) is 0 Å². The van der Waals surface area contributed by atoms with E-state index in [9.17, 15) is 4.79 Å². The molecule has 3 heteroatoms. The van der Waals surface area contributed by atoms with Gasteiger partial charge in [-0.1, -0.05) is 13.8 Å². The zero-order chi connectivity index (χ0) is 15.2. The lowest BCUT2D eigenvalue weighted by Gasteiger charge is -2.38. The highest BCUT2D eigenvalue weighted by atomic mass is 16.5. The fourth-order valence-corrected chi connectivity index (χ4v) is 5.42. The molecule has 0 spiro atoms. The highest BCUT2D eigenvalue weighted by Gasteiger charge is 2.54. The van der Waals surface area contributed by atoms with E-state index in [0.29, 0.717) is 29.8 Å². The number of morpholine rings is 1. The topological polar surface area (TPSA) is 29.5 Å². The molecule has 2 unspecified atom stereocenters. The summed E-state index contributed by atoms with van der Waals surface area (Å²) in [5.41, 5.74) is 0.242. The fraction of sp³-hybridized carbons (Fsp3) is 0.944. The van der Waals surface area contributed by atoms with E-state index >= 15 is 0 Å². The van der Waals surface area contributed by atoms with Gasteiger partial charge in [-0.3, -0.25) is 9.69 Å². The minimum atomic E-state index is 0.242. The molecule has 1 saturated heterocycles. The quantitative estimate of drug-likeness (QED) is 0.797. The van der Waals surface area contributed by atoms with E-state index in [1.165, 1.54) is 19.3 Å². The molecule has 3 fully saturated rings. The van der Waals surface area contributed by atoms with Gasteiger partial charge in [-0.15, -0.1) is 0 Å². The molecule has 3 aliphatic rings. The Morgan fingerprint density at radius 3 is 2.43 bits per heavy atom. The molecule has 1 heterocycles. The maximum atomic E-state index is 12.8. The van der Waals surface area contributed by atoms with Crippen molar-refractivity contribution < 1.29 is 9.53 Å². The molecule has 0 amide bonds. The summed E-state index contributed by atoms with van der Waals surface area (Å²) in [6.45, 7) is 11.8. The number of Topliss-reactive ketones (excluding diaryl/α,β-unsaturated/α-hetero) is 1. The standard InChI is InChI=1S/C18H31NO2/c1-12-10-19(11-13(2)21-12)8-7-16(20)17-14-5-6-15(9-14)18(17,3)4/h12-15,17H,5-11H2,1-4H3/t12?,13?,14-,15+,17-/m0/s1. The van der Waals surface area contributed by atoms with Crippen LogP contribution >= 0.6 is 0 Å². The number of rotatable bonds is 4. The van der Waals surface area contributed by atoms with E-state index in [2.05, 4.69) is 32.6 Å². The van der Waals surface area contributed by atoms with Crippen molar-refractivity contribution in [3.8, 4) is 0 Å². The number of nitrogens with zero attached hydrogens (tertiary/aromatic N) is 1. The van der Waals surface area contributed by atoms with Gasteiger partial charge >= 0.3 is 0 Å². The average molecular weight is 293 g/mol. The maximum Gasteiger partial charge on any atom is 0.138 e. The van der Waals surface area contributed by atoms with Gasteiger partial charge in [0.2, 0.25) is 0 Å². The number of ketones is 1. The molecule has 0 N–H and O–H groups in total. The molecule has 120 valence electrons. The third kappa shape index (κ3) is 2.92. The van der Waals surface area contributed by atoms with Crippen LogP contribution in [0, 0.1) is 23.2 Å². The maximum absolute atomic E-state index is 12.8. The highest BCUT2D eigenvalue weighted by molar-refractivity contribution is 5.82. The highest BCUT2D eigenvalue weighted by Crippen LogP contribution is 2.59. The molecule has 0 radical (unpaired) electrons. The Kier molecular flexibility index (Phi) is 4.17. The van der Waals surface area contributed by atoms with Crippen LogP contribution in [-0.2, 0) is 9.53 Å². The summed E-state index contributed by atoms with van der Waals surface area (Å²) in [6.07, 6.45) is 5.26. The van der Waals surface area contributed by atoms with Crippen LogP contribution in [0.1, 0.15) is 53.4 Å². The lowest BCUT2D eigenvalue weighted by molar-refractivity contribution is -0.129. The van der Waals surface area contributed by atoms with Gasteiger partial charge in [-0.05, 0) is 50.4 Å². The summed E-state index contributed by atoms with van der Waals surface area (Å²) in [6, 6.07) is 0. The van der Waals surface area contributed by atoms with E-state index in [-0.39, 0.29) is 5.41 Å². The van der Waals surface area contributed by atoms with Gasteiger partial charge < -0.3 is 4.74 Å². The van der Waals surface area contributed by atoms with Crippen molar-refractivity contribution in [3.63, 3.8) is 0 Å². The summed E-state index contributed by atoms with van der Waals surface area (Å²) in [5.74, 6) is 2.33. The first kappa shape index (κ1) is 15.5. The third-order valence-corrected chi connectivity index (χ3v) is 6.31. The van der Waals surface area contributed by atoms with Gasteiger partial charge in [0.1, 0.15) is 5.78 Å². The Morgan fingerprint density at radius 1 is 1.19 bits per heavy atom. The minimum absolute atomic E-state index is 0.242. The second-order valence-corrected chi connectivity index (χ2v) is 8.30. The van der Waals surface area contributed by atoms with Crippen LogP contribution in [-0.4, -0.2) is 42.5 Å². The first-order valence-corrected chi connectivity index (χ1v) is 8.78. The molecule has 0 aromatic rings. The summed E-state index contributed by atoms with van der Waals surface area (Å²) in [7, 11) is 0. The van der Waals surface area contributed by atoms with E-state index < -0.39 is 0 Å². The number of hydrogen-bond donors (Lipinski definition) is 0. The first-order valence-electron chi connectivity index (χ1n) is 8.78. The van der Waals surface area contributed by atoms with Crippen LogP contribution in [0.5, 0.6) is 0 Å². The van der Waals surface area contributed by atoms with Gasteiger partial charge in [-0.2, -0.15) is 0 Å². The normalized spacial score (nSPS) is 42.4. The van der Waals surface area contributed by atoms with E-state index in [1.807, 2.05) is 0 Å². The van der Waals surface area contributed by atoms with Crippen molar-refractivity contribution in [2.45, 2.75) is 65.6 Å². The van der Waals surface area contributed by atoms with E-state index in [4.69, 9.17) is 4.74 Å². The van der Waals surface area contributed by atoms with Crippen LogP contribution in [0.25, 0.3) is 0 Å². The Bertz CT molecular complexity index is 396. The molecule has 3 rings (SSSR count). The third-order valence-electron chi connectivity index (χ3n) is 6.31. The number of carbonyl (C=O) groups excluding carboxylic acids is 1. The van der Waals surface area contributed by atoms with E-state index in [1.54, 1.807) is 0 Å². The average Bonchev–Trinajstić information content (AvgIpc) is 2.93. The Hall–Kier alpha value is -0.410. The summed E-state index contributed by atoms with van der Waals surface area (Å²) >= 11 is 0. The van der Waals surface area contributed by atoms with Crippen molar-refractivity contribution in [1.29, 1.82) is 0 Å². The molecule has 2 aliphatic carbocycles. The van der Waals surface area contributed by atoms with Gasteiger partial charge in [0.25, 0.3) is 0 Å². The molecule has 5 atom stereocenters. The Balaban J connectivity index is 1.55. The number of hydrogen-bond acceptors (Lipinski definition) is 3. The molecule has 0 aromatic heterocycles. The fourth-order valence-electron chi connectivity index (χ4n) is 5.42. The lowest BCUT2D eigenvalue weighted by atomic mass is 9.66. The molecule has 2 saturated carbocycles. The summed E-state index contributed by atoms with van der Waals surface area (Å²) in [4.78, 5) is 15.2. The molecular formula is C18H31NO2. The predicted octanol–water partition coefficient (Wildman–Crippen LogP) is 3.13. The van der Waals surface area contributed by atoms with Crippen molar-refractivity contribution in [1.82, 2.24) is 4.90 Å². The molecule has 3 nitrogen and oxygen atoms in total. The Labute approximate surface area is 129 Å². The number of carbonyl (C=O) groups is 1. The van der Waals surface area contributed by atoms with Crippen LogP contribution in [0.3, 0.4) is 0 Å². The zero-order valence-corrected chi connectivity index (χ0v) is 14.1. The van der Waals surface area contributed by atoms with Crippen LogP contribution in [0.15, 0.2) is 0 Å². The van der Waals surface area contributed by atoms with Crippen LogP contribution in [0.2, 0.25) is 0 Å². The van der Waals surface area contributed by atoms with Crippen molar-refractivity contribution in [2.24, 2.45) is 23.2 Å². The first-order chi connectivity index (χ1) is 9.88. The van der Waals surface area contributed by atoms with Gasteiger partial charge in [-0.25, -0.2) is 0 Å². The van der Waals surface area contributed by atoms with Crippen LogP contribution < -0.4 is 0 Å². The second kappa shape index (κ2) is 5.66. The summed E-state index contributed by atoms with van der Waals surface area (Å²) < 4.78 is 5.77. The number of ether oxygens (including phenoxy) is 1. The van der Waals surface area contributed by atoms with Gasteiger partial charge in [0.05, 0.1) is 12.2 Å². The largest absolute Gasteiger partial charge is 0.373 e. The van der Waals surface area contributed by atoms with Crippen molar-refractivity contribution in [3.05, 3.63) is 0 Å². The summed E-state index contributed by atoms with van der Waals surface area (Å²) in [5, 5.41) is 0.